The van der Waals surface area contributed by atoms with Crippen LogP contribution in [0.5, 0.6) is 5.75 Å². The van der Waals surface area contributed by atoms with Crippen molar-refractivity contribution < 1.29 is 15.0 Å². The molecule has 0 saturated carbocycles. The number of aromatic carboxylic acids is 1. The molecule has 2 aromatic rings. The maximum atomic E-state index is 11.0. The summed E-state index contributed by atoms with van der Waals surface area (Å²) in [5.74, 6) is -0.705. The van der Waals surface area contributed by atoms with E-state index in [9.17, 15) is 9.90 Å². The number of hydrogen-bond acceptors (Lipinski definition) is 3. The van der Waals surface area contributed by atoms with Crippen molar-refractivity contribution in [3.05, 3.63) is 53.1 Å². The summed E-state index contributed by atoms with van der Waals surface area (Å²) in [4.78, 5) is 12.9. The highest BCUT2D eigenvalue weighted by Gasteiger charge is 2.13. The molecule has 2 N–H and O–H groups in total. The number of carboxylic acid groups (broad SMARTS) is 1. The van der Waals surface area contributed by atoms with Crippen molar-refractivity contribution in [2.24, 2.45) is 0 Å². The predicted molar refractivity (Wildman–Crippen MR) is 74.6 cm³/mol. The van der Waals surface area contributed by atoms with Gasteiger partial charge in [0.2, 0.25) is 0 Å². The summed E-state index contributed by atoms with van der Waals surface area (Å²) in [6.07, 6.45) is 3.85. The number of rotatable bonds is 1. The quantitative estimate of drug-likeness (QED) is 0.707. The standard InChI is InChI=1S/C15H10O3S/c16-12-5-6-13-10(7-12)3-1-9-2-4-11(15(17)18)8-14(9)19-13/h1-8,16H,(H,17,18). The van der Waals surface area contributed by atoms with Gasteiger partial charge in [-0.3, -0.25) is 0 Å². The van der Waals surface area contributed by atoms with E-state index in [0.717, 1.165) is 20.9 Å². The van der Waals surface area contributed by atoms with Crippen LogP contribution < -0.4 is 0 Å². The molecular formula is C15H10O3S. The molecule has 19 heavy (non-hydrogen) atoms. The molecule has 0 unspecified atom stereocenters. The van der Waals surface area contributed by atoms with Crippen molar-refractivity contribution in [2.45, 2.75) is 9.79 Å². The van der Waals surface area contributed by atoms with Crippen molar-refractivity contribution in [3.63, 3.8) is 0 Å². The molecule has 0 fully saturated rings. The molecule has 0 aliphatic carbocycles. The molecule has 3 nitrogen and oxygen atoms in total. The molecule has 1 heterocycles. The van der Waals surface area contributed by atoms with Crippen LogP contribution in [0.1, 0.15) is 21.5 Å². The molecule has 0 saturated heterocycles. The summed E-state index contributed by atoms with van der Waals surface area (Å²) >= 11 is 1.51. The second kappa shape index (κ2) is 4.48. The Morgan fingerprint density at radius 1 is 0.947 bits per heavy atom. The van der Waals surface area contributed by atoms with Crippen LogP contribution >= 0.6 is 11.8 Å². The van der Waals surface area contributed by atoms with E-state index in [1.807, 2.05) is 18.2 Å². The molecule has 0 atom stereocenters. The zero-order valence-electron chi connectivity index (χ0n) is 9.83. The zero-order valence-corrected chi connectivity index (χ0v) is 10.6. The Kier molecular flexibility index (Phi) is 2.80. The fourth-order valence-corrected chi connectivity index (χ4v) is 3.01. The van der Waals surface area contributed by atoms with Crippen LogP contribution in [0.25, 0.3) is 12.2 Å². The number of fused-ring (bicyclic) bond motifs is 2. The van der Waals surface area contributed by atoms with Gasteiger partial charge in [-0.1, -0.05) is 30.0 Å². The van der Waals surface area contributed by atoms with Gasteiger partial charge < -0.3 is 10.2 Å². The third-order valence-electron chi connectivity index (χ3n) is 2.92. The number of benzene rings is 2. The average Bonchev–Trinajstić information content (AvgIpc) is 2.56. The first-order chi connectivity index (χ1) is 9.13. The van der Waals surface area contributed by atoms with Gasteiger partial charge in [0.25, 0.3) is 0 Å². The molecule has 4 heteroatoms. The second-order valence-corrected chi connectivity index (χ2v) is 5.30. The molecule has 0 aromatic heterocycles. The van der Waals surface area contributed by atoms with E-state index in [4.69, 9.17) is 5.11 Å². The van der Waals surface area contributed by atoms with Crippen molar-refractivity contribution >= 4 is 29.9 Å². The zero-order chi connectivity index (χ0) is 13.4. The molecule has 0 radical (unpaired) electrons. The Labute approximate surface area is 114 Å². The van der Waals surface area contributed by atoms with Gasteiger partial charge in [0, 0.05) is 9.79 Å². The Morgan fingerprint density at radius 2 is 1.74 bits per heavy atom. The molecule has 0 spiro atoms. The van der Waals surface area contributed by atoms with Crippen LogP contribution in [0.4, 0.5) is 0 Å². The van der Waals surface area contributed by atoms with Gasteiger partial charge in [-0.2, -0.15) is 0 Å². The minimum atomic E-state index is -0.928. The first-order valence-electron chi connectivity index (χ1n) is 5.70. The summed E-state index contributed by atoms with van der Waals surface area (Å²) in [6, 6.07) is 10.2. The summed E-state index contributed by atoms with van der Waals surface area (Å²) in [5.41, 5.74) is 2.19. The Hall–Kier alpha value is -2.20. The molecule has 94 valence electrons. The van der Waals surface area contributed by atoms with Crippen molar-refractivity contribution in [3.8, 4) is 5.75 Å². The molecule has 3 rings (SSSR count). The summed E-state index contributed by atoms with van der Waals surface area (Å²) in [7, 11) is 0. The smallest absolute Gasteiger partial charge is 0.335 e. The van der Waals surface area contributed by atoms with E-state index in [1.165, 1.54) is 11.8 Å². The van der Waals surface area contributed by atoms with Crippen LogP contribution in [0.2, 0.25) is 0 Å². The van der Waals surface area contributed by atoms with Crippen molar-refractivity contribution in [2.75, 3.05) is 0 Å². The van der Waals surface area contributed by atoms with Crippen LogP contribution in [0.15, 0.2) is 46.2 Å². The first kappa shape index (κ1) is 11.9. The molecular weight excluding hydrogens is 260 g/mol. The van der Waals surface area contributed by atoms with Crippen molar-refractivity contribution in [1.29, 1.82) is 0 Å². The largest absolute Gasteiger partial charge is 0.508 e. The number of hydrogen-bond donors (Lipinski definition) is 2. The SMILES string of the molecule is O=C(O)c1ccc2c(c1)Sc1ccc(O)cc1C=C2. The van der Waals surface area contributed by atoms with Gasteiger partial charge in [-0.25, -0.2) is 4.79 Å². The summed E-state index contributed by atoms with van der Waals surface area (Å²) < 4.78 is 0. The predicted octanol–water partition coefficient (Wildman–Crippen LogP) is 3.73. The van der Waals surface area contributed by atoms with Crippen LogP contribution in [0, 0.1) is 0 Å². The van der Waals surface area contributed by atoms with E-state index in [2.05, 4.69) is 0 Å². The van der Waals surface area contributed by atoms with E-state index in [1.54, 1.807) is 30.3 Å². The molecule has 0 bridgehead atoms. The Morgan fingerprint density at radius 3 is 2.53 bits per heavy atom. The van der Waals surface area contributed by atoms with Gasteiger partial charge in [0.1, 0.15) is 5.75 Å². The van der Waals surface area contributed by atoms with Crippen LogP contribution in [-0.2, 0) is 0 Å². The maximum Gasteiger partial charge on any atom is 0.335 e. The van der Waals surface area contributed by atoms with Crippen LogP contribution in [0.3, 0.4) is 0 Å². The highest BCUT2D eigenvalue weighted by molar-refractivity contribution is 7.99. The maximum absolute atomic E-state index is 11.0. The van der Waals surface area contributed by atoms with Gasteiger partial charge in [0.15, 0.2) is 0 Å². The average molecular weight is 270 g/mol. The lowest BCUT2D eigenvalue weighted by molar-refractivity contribution is 0.0696. The van der Waals surface area contributed by atoms with Gasteiger partial charge in [0.05, 0.1) is 5.56 Å². The van der Waals surface area contributed by atoms with E-state index in [-0.39, 0.29) is 11.3 Å². The summed E-state index contributed by atoms with van der Waals surface area (Å²) in [5, 5.41) is 18.5. The number of phenols is 1. The fraction of sp³-hybridized carbons (Fsp3) is 0. The van der Waals surface area contributed by atoms with E-state index >= 15 is 0 Å². The minimum absolute atomic E-state index is 0.223. The lowest BCUT2D eigenvalue weighted by atomic mass is 10.1. The molecule has 1 aliphatic rings. The molecule has 0 amide bonds. The number of carbonyl (C=O) groups is 1. The Balaban J connectivity index is 2.12. The third kappa shape index (κ3) is 2.22. The van der Waals surface area contributed by atoms with Crippen LogP contribution in [-0.4, -0.2) is 16.2 Å². The third-order valence-corrected chi connectivity index (χ3v) is 4.08. The second-order valence-electron chi connectivity index (χ2n) is 4.22. The van der Waals surface area contributed by atoms with Crippen molar-refractivity contribution in [1.82, 2.24) is 0 Å². The molecule has 2 aromatic carbocycles. The van der Waals surface area contributed by atoms with Gasteiger partial charge >= 0.3 is 5.97 Å². The van der Waals surface area contributed by atoms with E-state index in [0.29, 0.717) is 0 Å². The fourth-order valence-electron chi connectivity index (χ4n) is 1.95. The highest BCUT2D eigenvalue weighted by atomic mass is 32.2. The van der Waals surface area contributed by atoms with E-state index < -0.39 is 5.97 Å². The minimum Gasteiger partial charge on any atom is -0.508 e. The topological polar surface area (TPSA) is 57.5 Å². The first-order valence-corrected chi connectivity index (χ1v) is 6.51. The Bertz CT molecular complexity index is 705. The monoisotopic (exact) mass is 270 g/mol. The normalized spacial score (nSPS) is 12.4. The lowest BCUT2D eigenvalue weighted by Gasteiger charge is -2.06. The lowest BCUT2D eigenvalue weighted by Crippen LogP contribution is -1.96. The number of aromatic hydroxyl groups is 1. The van der Waals surface area contributed by atoms with Gasteiger partial charge in [-0.05, 0) is 41.5 Å². The van der Waals surface area contributed by atoms with Gasteiger partial charge in [-0.15, -0.1) is 0 Å². The number of carboxylic acids is 1. The highest BCUT2D eigenvalue weighted by Crippen LogP contribution is 2.38. The number of phenolic OH excluding ortho intramolecular Hbond substituents is 1. The molecule has 1 aliphatic heterocycles. The summed E-state index contributed by atoms with van der Waals surface area (Å²) in [6.45, 7) is 0.